The third kappa shape index (κ3) is 6.98. The van der Waals surface area contributed by atoms with E-state index in [0.29, 0.717) is 25.1 Å². The summed E-state index contributed by atoms with van der Waals surface area (Å²) in [5, 5.41) is 5.42. The van der Waals surface area contributed by atoms with Crippen molar-refractivity contribution in [2.45, 2.75) is 11.3 Å². The van der Waals surface area contributed by atoms with Crippen molar-refractivity contribution in [1.29, 1.82) is 0 Å². The monoisotopic (exact) mass is 401 g/mol. The molecule has 0 unspecified atom stereocenters. The highest BCUT2D eigenvalue weighted by Gasteiger charge is 2.09. The first kappa shape index (κ1) is 21.3. The maximum Gasteiger partial charge on any atom is 0.244 e. The molecule has 2 amide bonds. The topological polar surface area (TPSA) is 104 Å². The van der Waals surface area contributed by atoms with Gasteiger partial charge in [-0.05, 0) is 36.4 Å². The first-order valence-electron chi connectivity index (χ1n) is 8.71. The second-order valence-corrected chi connectivity index (χ2v) is 7.80. The Balaban J connectivity index is 1.71. The van der Waals surface area contributed by atoms with Crippen molar-refractivity contribution in [3.63, 3.8) is 0 Å². The van der Waals surface area contributed by atoms with Crippen molar-refractivity contribution in [1.82, 2.24) is 15.4 Å². The molecule has 2 rings (SSSR count). The van der Waals surface area contributed by atoms with E-state index in [4.69, 9.17) is 0 Å². The standard InChI is InChI=1S/C20H23N3O4S/c1-21-28(26,27)18-10-7-16(8-11-18)9-12-19(24)22-13-14-23-20(25)15-17-5-3-2-4-6-17/h2-12,21H,13-15H2,1H3,(H,22,24)(H,23,25)/b12-9+. The van der Waals surface area contributed by atoms with E-state index in [1.165, 1.54) is 25.3 Å². The van der Waals surface area contributed by atoms with Gasteiger partial charge in [0.2, 0.25) is 21.8 Å². The summed E-state index contributed by atoms with van der Waals surface area (Å²) in [6.45, 7) is 0.644. The molecule has 0 spiro atoms. The lowest BCUT2D eigenvalue weighted by molar-refractivity contribution is -0.121. The fraction of sp³-hybridized carbons (Fsp3) is 0.200. The Bertz CT molecular complexity index is 924. The molecular formula is C20H23N3O4S. The van der Waals surface area contributed by atoms with E-state index >= 15 is 0 Å². The second kappa shape index (κ2) is 10.4. The summed E-state index contributed by atoms with van der Waals surface area (Å²) in [5.41, 5.74) is 1.63. The Kier molecular flexibility index (Phi) is 7.91. The minimum atomic E-state index is -3.48. The van der Waals surface area contributed by atoms with Crippen molar-refractivity contribution >= 4 is 27.9 Å². The lowest BCUT2D eigenvalue weighted by Crippen LogP contribution is -2.34. The summed E-state index contributed by atoms with van der Waals surface area (Å²) in [4.78, 5) is 23.8. The third-order valence-corrected chi connectivity index (χ3v) is 5.27. The van der Waals surface area contributed by atoms with Gasteiger partial charge < -0.3 is 10.6 Å². The number of amides is 2. The van der Waals surface area contributed by atoms with Crippen LogP contribution in [-0.2, 0) is 26.0 Å². The number of sulfonamides is 1. The normalized spacial score (nSPS) is 11.3. The van der Waals surface area contributed by atoms with E-state index in [1.54, 1.807) is 18.2 Å². The van der Waals surface area contributed by atoms with Gasteiger partial charge in [-0.1, -0.05) is 42.5 Å². The maximum absolute atomic E-state index is 11.8. The minimum Gasteiger partial charge on any atom is -0.354 e. The molecule has 7 nitrogen and oxygen atoms in total. The molecule has 0 radical (unpaired) electrons. The summed E-state index contributed by atoms with van der Waals surface area (Å²) in [6.07, 6.45) is 3.24. The van der Waals surface area contributed by atoms with E-state index < -0.39 is 10.0 Å². The van der Waals surface area contributed by atoms with Crippen LogP contribution in [0.2, 0.25) is 0 Å². The maximum atomic E-state index is 11.8. The highest BCUT2D eigenvalue weighted by Crippen LogP contribution is 2.11. The van der Waals surface area contributed by atoms with Gasteiger partial charge in [0.1, 0.15) is 0 Å². The van der Waals surface area contributed by atoms with Gasteiger partial charge in [-0.3, -0.25) is 9.59 Å². The van der Waals surface area contributed by atoms with Gasteiger partial charge >= 0.3 is 0 Å². The van der Waals surface area contributed by atoms with Crippen LogP contribution in [0.4, 0.5) is 0 Å². The largest absolute Gasteiger partial charge is 0.354 e. The van der Waals surface area contributed by atoms with E-state index in [-0.39, 0.29) is 16.7 Å². The van der Waals surface area contributed by atoms with Gasteiger partial charge in [0, 0.05) is 19.2 Å². The highest BCUT2D eigenvalue weighted by atomic mass is 32.2. The summed E-state index contributed by atoms with van der Waals surface area (Å²) < 4.78 is 25.5. The fourth-order valence-corrected chi connectivity index (χ4v) is 3.07. The number of nitrogens with one attached hydrogen (secondary N) is 3. The van der Waals surface area contributed by atoms with Crippen molar-refractivity contribution in [2.75, 3.05) is 20.1 Å². The number of rotatable bonds is 9. The van der Waals surface area contributed by atoms with Gasteiger partial charge in [-0.15, -0.1) is 0 Å². The molecule has 28 heavy (non-hydrogen) atoms. The van der Waals surface area contributed by atoms with Crippen LogP contribution in [-0.4, -0.2) is 40.4 Å². The van der Waals surface area contributed by atoms with Crippen molar-refractivity contribution in [2.24, 2.45) is 0 Å². The zero-order valence-electron chi connectivity index (χ0n) is 15.5. The van der Waals surface area contributed by atoms with Crippen LogP contribution in [0.25, 0.3) is 6.08 Å². The average molecular weight is 401 g/mol. The SMILES string of the molecule is CNS(=O)(=O)c1ccc(/C=C/C(=O)NCCNC(=O)Cc2ccccc2)cc1. The van der Waals surface area contributed by atoms with Crippen molar-refractivity contribution < 1.29 is 18.0 Å². The first-order valence-corrected chi connectivity index (χ1v) is 10.2. The highest BCUT2D eigenvalue weighted by molar-refractivity contribution is 7.89. The molecule has 2 aromatic carbocycles. The number of carbonyl (C=O) groups is 2. The summed E-state index contributed by atoms with van der Waals surface area (Å²) in [7, 11) is -2.13. The van der Waals surface area contributed by atoms with Crippen LogP contribution in [0.5, 0.6) is 0 Å². The van der Waals surface area contributed by atoms with Crippen LogP contribution < -0.4 is 15.4 Å². The predicted molar refractivity (Wildman–Crippen MR) is 108 cm³/mol. The van der Waals surface area contributed by atoms with Crippen LogP contribution in [0.1, 0.15) is 11.1 Å². The number of hydrogen-bond acceptors (Lipinski definition) is 4. The Labute approximate surface area is 164 Å². The number of carbonyl (C=O) groups excluding carboxylic acids is 2. The average Bonchev–Trinajstić information content (AvgIpc) is 2.70. The Morgan fingerprint density at radius 1 is 0.929 bits per heavy atom. The molecule has 0 aliphatic rings. The van der Waals surface area contributed by atoms with Crippen LogP contribution in [0, 0.1) is 0 Å². The molecule has 148 valence electrons. The van der Waals surface area contributed by atoms with Crippen LogP contribution >= 0.6 is 0 Å². The molecular weight excluding hydrogens is 378 g/mol. The molecule has 0 fully saturated rings. The van der Waals surface area contributed by atoms with Crippen molar-refractivity contribution in [3.8, 4) is 0 Å². The Morgan fingerprint density at radius 2 is 1.57 bits per heavy atom. The van der Waals surface area contributed by atoms with Gasteiger partial charge in [0.05, 0.1) is 11.3 Å². The van der Waals surface area contributed by atoms with E-state index in [9.17, 15) is 18.0 Å². The molecule has 3 N–H and O–H groups in total. The molecule has 0 atom stereocenters. The van der Waals surface area contributed by atoms with E-state index in [0.717, 1.165) is 5.56 Å². The first-order chi connectivity index (χ1) is 13.4. The summed E-state index contributed by atoms with van der Waals surface area (Å²) in [5.74, 6) is -0.406. The van der Waals surface area contributed by atoms with Gasteiger partial charge in [0.25, 0.3) is 0 Å². The van der Waals surface area contributed by atoms with Crippen LogP contribution in [0.15, 0.2) is 65.6 Å². The van der Waals surface area contributed by atoms with Crippen LogP contribution in [0.3, 0.4) is 0 Å². The lowest BCUT2D eigenvalue weighted by Gasteiger charge is -2.06. The fourth-order valence-electron chi connectivity index (χ4n) is 2.34. The molecule has 0 aliphatic carbocycles. The minimum absolute atomic E-state index is 0.104. The predicted octanol–water partition coefficient (Wildman–Crippen LogP) is 1.08. The molecule has 0 aromatic heterocycles. The summed E-state index contributed by atoms with van der Waals surface area (Å²) >= 11 is 0. The van der Waals surface area contributed by atoms with E-state index in [2.05, 4.69) is 15.4 Å². The molecule has 0 aliphatic heterocycles. The molecule has 8 heteroatoms. The molecule has 0 saturated heterocycles. The Morgan fingerprint density at radius 3 is 2.21 bits per heavy atom. The number of hydrogen-bond donors (Lipinski definition) is 3. The van der Waals surface area contributed by atoms with Gasteiger partial charge in [-0.2, -0.15) is 0 Å². The van der Waals surface area contributed by atoms with Gasteiger partial charge in [0.15, 0.2) is 0 Å². The zero-order valence-corrected chi connectivity index (χ0v) is 16.3. The molecule has 0 saturated carbocycles. The zero-order chi connectivity index (χ0) is 20.4. The van der Waals surface area contributed by atoms with E-state index in [1.807, 2.05) is 30.3 Å². The van der Waals surface area contributed by atoms with Crippen molar-refractivity contribution in [3.05, 3.63) is 71.8 Å². The Hall–Kier alpha value is -2.97. The summed E-state index contributed by atoms with van der Waals surface area (Å²) in [6, 6.07) is 15.6. The second-order valence-electron chi connectivity index (χ2n) is 5.91. The molecule has 0 bridgehead atoms. The third-order valence-electron chi connectivity index (χ3n) is 3.84. The smallest absolute Gasteiger partial charge is 0.244 e. The number of benzene rings is 2. The lowest BCUT2D eigenvalue weighted by atomic mass is 10.1. The molecule has 2 aromatic rings. The quantitative estimate of drug-likeness (QED) is 0.432. The molecule has 0 heterocycles. The van der Waals surface area contributed by atoms with Gasteiger partial charge in [-0.25, -0.2) is 13.1 Å².